The maximum Gasteiger partial charge on any atom is 0.431 e. The summed E-state index contributed by atoms with van der Waals surface area (Å²) in [7, 11) is 1.76. The second kappa shape index (κ2) is 7.22. The van der Waals surface area contributed by atoms with Crippen LogP contribution < -0.4 is 16.0 Å². The van der Waals surface area contributed by atoms with E-state index in [1.807, 2.05) is 0 Å². The van der Waals surface area contributed by atoms with Gasteiger partial charge < -0.3 is 15.5 Å². The molecule has 0 aliphatic carbocycles. The molecule has 3 rings (SSSR count). The number of halogens is 3. The summed E-state index contributed by atoms with van der Waals surface area (Å²) < 4.78 is 47.1. The number of aromatic amines is 1. The van der Waals surface area contributed by atoms with Crippen LogP contribution in [0, 0.1) is 0 Å². The number of pyridine rings is 1. The monoisotopic (exact) mass is 392 g/mol. The minimum atomic E-state index is -4.82. The lowest BCUT2D eigenvalue weighted by atomic mass is 10.0. The van der Waals surface area contributed by atoms with Crippen molar-refractivity contribution in [1.82, 2.24) is 14.8 Å². The Hall–Kier alpha value is -3.56. The Balaban J connectivity index is 1.93. The fourth-order valence-corrected chi connectivity index (χ4v) is 2.61. The van der Waals surface area contributed by atoms with Crippen molar-refractivity contribution < 1.29 is 22.7 Å². The molecular weight excluding hydrogens is 377 g/mol. The lowest BCUT2D eigenvalue weighted by Crippen LogP contribution is -2.27. The second-order valence-electron chi connectivity index (χ2n) is 6.00. The maximum absolute atomic E-state index is 13.3. The summed E-state index contributed by atoms with van der Waals surface area (Å²) >= 11 is 0. The molecule has 10 heteroatoms. The number of primary amides is 1. The van der Waals surface area contributed by atoms with E-state index in [-0.39, 0.29) is 17.7 Å². The lowest BCUT2D eigenvalue weighted by molar-refractivity contribution is -0.140. The summed E-state index contributed by atoms with van der Waals surface area (Å²) in [5.41, 5.74) is 2.67. The highest BCUT2D eigenvalue weighted by molar-refractivity contribution is 5.93. The van der Waals surface area contributed by atoms with Gasteiger partial charge in [-0.3, -0.25) is 14.3 Å². The average Bonchev–Trinajstić information content (AvgIpc) is 3.04. The van der Waals surface area contributed by atoms with Crippen LogP contribution in [0.1, 0.15) is 21.6 Å². The molecule has 146 valence electrons. The summed E-state index contributed by atoms with van der Waals surface area (Å²) in [6, 6.07) is 6.61. The van der Waals surface area contributed by atoms with Gasteiger partial charge >= 0.3 is 6.18 Å². The summed E-state index contributed by atoms with van der Waals surface area (Å²) in [6.45, 7) is 0.242. The Morgan fingerprint density at radius 1 is 1.29 bits per heavy atom. The van der Waals surface area contributed by atoms with Crippen LogP contribution in [0.3, 0.4) is 0 Å². The molecule has 3 N–H and O–H groups in total. The van der Waals surface area contributed by atoms with Gasteiger partial charge in [0.05, 0.1) is 6.20 Å². The molecule has 3 aromatic rings. The van der Waals surface area contributed by atoms with Crippen LogP contribution in [-0.4, -0.2) is 20.7 Å². The number of ether oxygens (including phenoxy) is 1. The molecule has 1 aromatic carbocycles. The van der Waals surface area contributed by atoms with Crippen molar-refractivity contribution in [2.45, 2.75) is 12.8 Å². The molecule has 28 heavy (non-hydrogen) atoms. The van der Waals surface area contributed by atoms with Crippen LogP contribution in [0.5, 0.6) is 5.75 Å². The molecule has 0 bridgehead atoms. The largest absolute Gasteiger partial charge is 0.489 e. The number of rotatable bonds is 5. The van der Waals surface area contributed by atoms with Gasteiger partial charge in [0.2, 0.25) is 0 Å². The number of benzene rings is 1. The van der Waals surface area contributed by atoms with Gasteiger partial charge in [-0.25, -0.2) is 0 Å². The standard InChI is InChI=1S/C18H15F3N4O3/c1-25-8-10(7-23-25)9-28-12-4-2-11(3-5-12)13-6-14(16(22)26)17(27)24-15(13)18(19,20)21/h2-8H,9H2,1H3,(H2,22,26)(H,24,27). The predicted molar refractivity (Wildman–Crippen MR) is 93.6 cm³/mol. The smallest absolute Gasteiger partial charge is 0.431 e. The van der Waals surface area contributed by atoms with Gasteiger partial charge in [0, 0.05) is 24.4 Å². The molecular formula is C18H15F3N4O3. The van der Waals surface area contributed by atoms with Gasteiger partial charge in [-0.1, -0.05) is 12.1 Å². The molecule has 2 heterocycles. The molecule has 0 spiro atoms. The highest BCUT2D eigenvalue weighted by Gasteiger charge is 2.36. The lowest BCUT2D eigenvalue weighted by Gasteiger charge is -2.14. The fraction of sp³-hybridized carbons (Fsp3) is 0.167. The Morgan fingerprint density at radius 2 is 1.96 bits per heavy atom. The Bertz CT molecular complexity index is 1070. The average molecular weight is 392 g/mol. The fourth-order valence-electron chi connectivity index (χ4n) is 2.61. The first-order valence-electron chi connectivity index (χ1n) is 8.00. The van der Waals surface area contributed by atoms with Crippen LogP contribution in [0.25, 0.3) is 11.1 Å². The van der Waals surface area contributed by atoms with Crippen molar-refractivity contribution in [2.75, 3.05) is 0 Å². The minimum absolute atomic E-state index is 0.139. The van der Waals surface area contributed by atoms with Crippen LogP contribution in [0.15, 0.2) is 47.5 Å². The molecule has 1 amide bonds. The first kappa shape index (κ1) is 19.2. The highest BCUT2D eigenvalue weighted by atomic mass is 19.4. The van der Waals surface area contributed by atoms with E-state index in [9.17, 15) is 22.8 Å². The first-order valence-corrected chi connectivity index (χ1v) is 8.00. The molecule has 2 aromatic heterocycles. The number of carbonyl (C=O) groups excluding carboxylic acids is 1. The van der Waals surface area contributed by atoms with Crippen molar-refractivity contribution in [3.8, 4) is 16.9 Å². The Labute approximate surface area is 156 Å². The predicted octanol–water partition coefficient (Wildman–Crippen LogP) is 2.47. The zero-order chi connectivity index (χ0) is 20.5. The molecule has 0 aliphatic rings. The molecule has 0 unspecified atom stereocenters. The van der Waals surface area contributed by atoms with Crippen LogP contribution in [-0.2, 0) is 19.8 Å². The topological polar surface area (TPSA) is 103 Å². The quantitative estimate of drug-likeness (QED) is 0.696. The summed E-state index contributed by atoms with van der Waals surface area (Å²) in [6.07, 6.45) is -1.41. The van der Waals surface area contributed by atoms with E-state index in [1.165, 1.54) is 24.3 Å². The third-order valence-electron chi connectivity index (χ3n) is 3.92. The summed E-state index contributed by atoms with van der Waals surface area (Å²) in [5.74, 6) is -0.687. The third kappa shape index (κ3) is 4.05. The number of H-pyrrole nitrogens is 1. The number of hydrogen-bond donors (Lipinski definition) is 2. The number of amides is 1. The highest BCUT2D eigenvalue weighted by Crippen LogP contribution is 2.35. The van der Waals surface area contributed by atoms with Gasteiger partial charge in [0.25, 0.3) is 11.5 Å². The number of nitrogens with one attached hydrogen (secondary N) is 1. The normalized spacial score (nSPS) is 11.4. The van der Waals surface area contributed by atoms with Gasteiger partial charge in [-0.2, -0.15) is 18.3 Å². The molecule has 0 atom stereocenters. The van der Waals surface area contributed by atoms with E-state index in [4.69, 9.17) is 10.5 Å². The number of nitrogens with two attached hydrogens (primary N) is 1. The van der Waals surface area contributed by atoms with Crippen LogP contribution >= 0.6 is 0 Å². The number of aromatic nitrogens is 3. The maximum atomic E-state index is 13.3. The number of carbonyl (C=O) groups is 1. The SMILES string of the molecule is Cn1cc(COc2ccc(-c3cc(C(N)=O)c(=O)[nH]c3C(F)(F)F)cc2)cn1. The van der Waals surface area contributed by atoms with Crippen LogP contribution in [0.2, 0.25) is 0 Å². The van der Waals surface area contributed by atoms with Crippen LogP contribution in [0.4, 0.5) is 13.2 Å². The van der Waals surface area contributed by atoms with Gasteiger partial charge in [-0.15, -0.1) is 0 Å². The zero-order valence-corrected chi connectivity index (χ0v) is 14.6. The van der Waals surface area contributed by atoms with Gasteiger partial charge in [-0.05, 0) is 23.8 Å². The zero-order valence-electron chi connectivity index (χ0n) is 14.6. The van der Waals surface area contributed by atoms with Crippen molar-refractivity contribution in [3.05, 3.63) is 69.9 Å². The summed E-state index contributed by atoms with van der Waals surface area (Å²) in [5, 5.41) is 4.01. The van der Waals surface area contributed by atoms with E-state index < -0.39 is 28.9 Å². The molecule has 0 saturated heterocycles. The van der Waals surface area contributed by atoms with E-state index in [0.29, 0.717) is 5.75 Å². The Morgan fingerprint density at radius 3 is 2.50 bits per heavy atom. The van der Waals surface area contributed by atoms with Crippen molar-refractivity contribution >= 4 is 5.91 Å². The van der Waals surface area contributed by atoms with E-state index in [1.54, 1.807) is 29.1 Å². The third-order valence-corrected chi connectivity index (χ3v) is 3.92. The molecule has 7 nitrogen and oxygen atoms in total. The van der Waals surface area contributed by atoms with Crippen molar-refractivity contribution in [2.24, 2.45) is 12.8 Å². The van der Waals surface area contributed by atoms with Gasteiger partial charge in [0.15, 0.2) is 0 Å². The number of aryl methyl sites for hydroxylation is 1. The number of alkyl halides is 3. The van der Waals surface area contributed by atoms with E-state index in [0.717, 1.165) is 11.6 Å². The van der Waals surface area contributed by atoms with Crippen molar-refractivity contribution in [3.63, 3.8) is 0 Å². The Kier molecular flexibility index (Phi) is 4.95. The van der Waals surface area contributed by atoms with Crippen molar-refractivity contribution in [1.29, 1.82) is 0 Å². The number of nitrogens with zero attached hydrogens (tertiary/aromatic N) is 2. The number of hydrogen-bond acceptors (Lipinski definition) is 4. The second-order valence-corrected chi connectivity index (χ2v) is 6.00. The van der Waals surface area contributed by atoms with Gasteiger partial charge in [0.1, 0.15) is 23.6 Å². The molecule has 0 saturated carbocycles. The van der Waals surface area contributed by atoms with E-state index >= 15 is 0 Å². The molecule has 0 radical (unpaired) electrons. The van der Waals surface area contributed by atoms with E-state index in [2.05, 4.69) is 5.10 Å². The first-order chi connectivity index (χ1) is 13.1. The summed E-state index contributed by atoms with van der Waals surface area (Å²) in [4.78, 5) is 24.7. The molecule has 0 aliphatic heterocycles. The molecule has 0 fully saturated rings. The minimum Gasteiger partial charge on any atom is -0.489 e.